The first-order valence-corrected chi connectivity index (χ1v) is 7.46. The molecule has 0 fully saturated rings. The first-order valence-electron chi connectivity index (χ1n) is 5.64. The normalized spacial score (nSPS) is 11.4. The standard InChI is InChI=1S/C9H16N4O4S/c1-3-17-9(14)8-10-11-12-13(8)6-5-7-18(15,16)4-2/h3-7H2,1-2H3. The van der Waals surface area contributed by atoms with Gasteiger partial charge in [-0.15, -0.1) is 5.10 Å². The Morgan fingerprint density at radius 3 is 2.72 bits per heavy atom. The number of hydrogen-bond donors (Lipinski definition) is 0. The Bertz CT molecular complexity index is 496. The number of aryl methyl sites for hydroxylation is 1. The summed E-state index contributed by atoms with van der Waals surface area (Å²) < 4.78 is 28.6. The first-order chi connectivity index (χ1) is 8.50. The second-order valence-electron chi connectivity index (χ2n) is 3.54. The van der Waals surface area contributed by atoms with Gasteiger partial charge in [0.15, 0.2) is 0 Å². The number of ether oxygens (including phenoxy) is 1. The van der Waals surface area contributed by atoms with E-state index in [0.717, 1.165) is 0 Å². The number of carbonyl (C=O) groups excluding carboxylic acids is 1. The van der Waals surface area contributed by atoms with Crippen LogP contribution in [0.25, 0.3) is 0 Å². The van der Waals surface area contributed by atoms with Gasteiger partial charge in [0, 0.05) is 12.3 Å². The highest BCUT2D eigenvalue weighted by Gasteiger charge is 2.17. The highest BCUT2D eigenvalue weighted by Crippen LogP contribution is 2.00. The lowest BCUT2D eigenvalue weighted by molar-refractivity contribution is 0.0504. The average Bonchev–Trinajstić information content (AvgIpc) is 2.77. The zero-order valence-corrected chi connectivity index (χ0v) is 11.2. The molecule has 1 aromatic rings. The van der Waals surface area contributed by atoms with Gasteiger partial charge in [-0.2, -0.15) is 0 Å². The molecule has 1 rings (SSSR count). The van der Waals surface area contributed by atoms with Crippen LogP contribution in [0, 0.1) is 0 Å². The molecular formula is C9H16N4O4S. The van der Waals surface area contributed by atoms with Crippen LogP contribution >= 0.6 is 0 Å². The van der Waals surface area contributed by atoms with E-state index in [4.69, 9.17) is 4.74 Å². The molecule has 0 aliphatic rings. The fourth-order valence-corrected chi connectivity index (χ4v) is 2.13. The Morgan fingerprint density at radius 1 is 1.39 bits per heavy atom. The fraction of sp³-hybridized carbons (Fsp3) is 0.778. The minimum absolute atomic E-state index is 0.00857. The van der Waals surface area contributed by atoms with E-state index in [0.29, 0.717) is 6.42 Å². The molecule has 0 spiro atoms. The second kappa shape index (κ2) is 6.43. The lowest BCUT2D eigenvalue weighted by Gasteiger charge is -2.04. The third kappa shape index (κ3) is 4.06. The van der Waals surface area contributed by atoms with Crippen LogP contribution in [-0.4, -0.2) is 52.7 Å². The monoisotopic (exact) mass is 276 g/mol. The van der Waals surface area contributed by atoms with Crippen molar-refractivity contribution >= 4 is 15.8 Å². The molecule has 9 heteroatoms. The molecule has 18 heavy (non-hydrogen) atoms. The lowest BCUT2D eigenvalue weighted by atomic mass is 10.4. The van der Waals surface area contributed by atoms with Gasteiger partial charge in [-0.1, -0.05) is 6.92 Å². The Morgan fingerprint density at radius 2 is 2.11 bits per heavy atom. The van der Waals surface area contributed by atoms with Gasteiger partial charge >= 0.3 is 5.97 Å². The predicted octanol–water partition coefficient (Wildman–Crippen LogP) is -0.325. The van der Waals surface area contributed by atoms with Crippen LogP contribution in [0.15, 0.2) is 0 Å². The minimum Gasteiger partial charge on any atom is -0.460 e. The van der Waals surface area contributed by atoms with Crippen molar-refractivity contribution in [3.8, 4) is 0 Å². The SMILES string of the molecule is CCOC(=O)c1nnnn1CCCS(=O)(=O)CC. The van der Waals surface area contributed by atoms with Gasteiger partial charge in [0.05, 0.1) is 12.4 Å². The van der Waals surface area contributed by atoms with Gasteiger partial charge in [-0.25, -0.2) is 17.9 Å². The highest BCUT2D eigenvalue weighted by atomic mass is 32.2. The van der Waals surface area contributed by atoms with Gasteiger partial charge < -0.3 is 4.74 Å². The van der Waals surface area contributed by atoms with Crippen molar-refractivity contribution in [1.82, 2.24) is 20.2 Å². The molecule has 0 amide bonds. The van der Waals surface area contributed by atoms with Crippen molar-refractivity contribution in [2.45, 2.75) is 26.8 Å². The summed E-state index contributed by atoms with van der Waals surface area (Å²) in [6, 6.07) is 0. The zero-order valence-electron chi connectivity index (χ0n) is 10.4. The number of sulfone groups is 1. The molecule has 0 radical (unpaired) electrons. The third-order valence-corrected chi connectivity index (χ3v) is 4.05. The maximum absolute atomic E-state index is 11.4. The number of esters is 1. The van der Waals surface area contributed by atoms with E-state index < -0.39 is 15.8 Å². The van der Waals surface area contributed by atoms with Crippen molar-refractivity contribution < 1.29 is 17.9 Å². The predicted molar refractivity (Wildman–Crippen MR) is 62.7 cm³/mol. The number of rotatable bonds is 7. The van der Waals surface area contributed by atoms with Crippen LogP contribution in [0.4, 0.5) is 0 Å². The van der Waals surface area contributed by atoms with Gasteiger partial charge in [0.1, 0.15) is 9.84 Å². The van der Waals surface area contributed by atoms with Gasteiger partial charge in [0.2, 0.25) is 0 Å². The molecule has 1 aromatic heterocycles. The van der Waals surface area contributed by atoms with Gasteiger partial charge in [-0.3, -0.25) is 0 Å². The summed E-state index contributed by atoms with van der Waals surface area (Å²) in [5.41, 5.74) is 0. The fourth-order valence-electron chi connectivity index (χ4n) is 1.28. The molecule has 0 saturated heterocycles. The summed E-state index contributed by atoms with van der Waals surface area (Å²) >= 11 is 0. The molecule has 0 N–H and O–H groups in total. The highest BCUT2D eigenvalue weighted by molar-refractivity contribution is 7.91. The van der Waals surface area contributed by atoms with E-state index in [1.807, 2.05) is 0 Å². The van der Waals surface area contributed by atoms with Crippen LogP contribution in [0.3, 0.4) is 0 Å². The number of nitrogens with zero attached hydrogens (tertiary/aromatic N) is 4. The average molecular weight is 276 g/mol. The van der Waals surface area contributed by atoms with Crippen LogP contribution < -0.4 is 0 Å². The molecule has 0 aromatic carbocycles. The first kappa shape index (κ1) is 14.6. The Balaban J connectivity index is 2.58. The smallest absolute Gasteiger partial charge is 0.378 e. The Kier molecular flexibility index (Phi) is 5.20. The van der Waals surface area contributed by atoms with Crippen LogP contribution in [0.1, 0.15) is 30.9 Å². The topological polar surface area (TPSA) is 104 Å². The van der Waals surface area contributed by atoms with Crippen LogP contribution in [0.2, 0.25) is 0 Å². The minimum atomic E-state index is -3.01. The molecule has 0 aliphatic heterocycles. The largest absolute Gasteiger partial charge is 0.460 e. The van der Waals surface area contributed by atoms with Gasteiger partial charge in [-0.05, 0) is 23.8 Å². The van der Waals surface area contributed by atoms with E-state index >= 15 is 0 Å². The molecular weight excluding hydrogens is 260 g/mol. The van der Waals surface area contributed by atoms with Crippen LogP contribution in [-0.2, 0) is 21.1 Å². The summed E-state index contributed by atoms with van der Waals surface area (Å²) in [4.78, 5) is 11.4. The summed E-state index contributed by atoms with van der Waals surface area (Å²) in [5.74, 6) is -0.467. The second-order valence-corrected chi connectivity index (χ2v) is 6.01. The van der Waals surface area contributed by atoms with Gasteiger partial charge in [0.25, 0.3) is 5.82 Å². The van der Waals surface area contributed by atoms with Crippen molar-refractivity contribution in [2.75, 3.05) is 18.1 Å². The summed E-state index contributed by atoms with van der Waals surface area (Å²) in [6.45, 7) is 3.77. The number of carbonyl (C=O) groups is 1. The quantitative estimate of drug-likeness (QED) is 0.628. The zero-order chi connectivity index (χ0) is 13.6. The third-order valence-electron chi connectivity index (χ3n) is 2.25. The summed E-state index contributed by atoms with van der Waals surface area (Å²) in [5, 5.41) is 10.5. The van der Waals surface area contributed by atoms with Crippen LogP contribution in [0.5, 0.6) is 0 Å². The van der Waals surface area contributed by atoms with E-state index in [9.17, 15) is 13.2 Å². The Labute approximate surface area is 105 Å². The van der Waals surface area contributed by atoms with Crippen molar-refractivity contribution in [1.29, 1.82) is 0 Å². The van der Waals surface area contributed by atoms with Crippen molar-refractivity contribution in [2.24, 2.45) is 0 Å². The molecule has 8 nitrogen and oxygen atoms in total. The van der Waals surface area contributed by atoms with E-state index in [-0.39, 0.29) is 30.5 Å². The van der Waals surface area contributed by atoms with E-state index in [1.165, 1.54) is 4.68 Å². The summed E-state index contributed by atoms with van der Waals surface area (Å²) in [6.07, 6.45) is 0.355. The van der Waals surface area contributed by atoms with E-state index in [1.54, 1.807) is 13.8 Å². The van der Waals surface area contributed by atoms with Crippen molar-refractivity contribution in [3.05, 3.63) is 5.82 Å². The number of tetrazole rings is 1. The van der Waals surface area contributed by atoms with Crippen molar-refractivity contribution in [3.63, 3.8) is 0 Å². The molecule has 0 saturated carbocycles. The maximum Gasteiger partial charge on any atom is 0.378 e. The maximum atomic E-state index is 11.4. The molecule has 0 unspecified atom stereocenters. The lowest BCUT2D eigenvalue weighted by Crippen LogP contribution is -2.17. The molecule has 0 aliphatic carbocycles. The number of aromatic nitrogens is 4. The molecule has 1 heterocycles. The molecule has 0 bridgehead atoms. The number of hydrogen-bond acceptors (Lipinski definition) is 7. The molecule has 102 valence electrons. The molecule has 0 atom stereocenters. The van der Waals surface area contributed by atoms with E-state index in [2.05, 4.69) is 15.5 Å². The Hall–Kier alpha value is -1.51. The summed E-state index contributed by atoms with van der Waals surface area (Å²) in [7, 11) is -3.01.